The van der Waals surface area contributed by atoms with Crippen LogP contribution in [0.4, 0.5) is 0 Å². The van der Waals surface area contributed by atoms with Crippen molar-refractivity contribution in [1.29, 1.82) is 0 Å². The van der Waals surface area contributed by atoms with Crippen LogP contribution >= 0.6 is 22.7 Å². The van der Waals surface area contributed by atoms with Crippen molar-refractivity contribution in [2.24, 2.45) is 0 Å². The molecular formula is C87H90O4S2Zr. The van der Waals surface area contributed by atoms with Crippen LogP contribution in [-0.2, 0) is 26.2 Å². The molecule has 5 N–H and O–H groups in total. The summed E-state index contributed by atoms with van der Waals surface area (Å²) in [6.45, 7) is 36.8. The average molecular weight is 1360 g/mol. The fourth-order valence-electron chi connectivity index (χ4n) is 13.2. The number of aryl methyl sites for hydroxylation is 13. The summed E-state index contributed by atoms with van der Waals surface area (Å²) in [7, 11) is 0. The van der Waals surface area contributed by atoms with Crippen LogP contribution in [0.15, 0.2) is 205 Å². The summed E-state index contributed by atoms with van der Waals surface area (Å²) in [6, 6.07) is 67.7. The monoisotopic (exact) mass is 1350 g/mol. The zero-order valence-corrected chi connectivity index (χ0v) is 61.1. The van der Waals surface area contributed by atoms with Gasteiger partial charge in [-0.1, -0.05) is 119 Å². The number of hydrogen-bond acceptors (Lipinski definition) is 4. The molecule has 4 nitrogen and oxygen atoms in total. The van der Waals surface area contributed by atoms with Crippen molar-refractivity contribution in [3.63, 3.8) is 0 Å². The summed E-state index contributed by atoms with van der Waals surface area (Å²) in [5.74, 6) is 1.54. The smallest absolute Gasteiger partial charge is 0.262 e. The molecule has 0 saturated heterocycles. The van der Waals surface area contributed by atoms with Crippen LogP contribution in [0.2, 0.25) is 0 Å². The number of para-hydroxylation sites is 1. The topological polar surface area (TPSA) is 76.2 Å². The summed E-state index contributed by atoms with van der Waals surface area (Å²) >= 11 is 3.19. The summed E-state index contributed by atoms with van der Waals surface area (Å²) in [5, 5.41) is 34.8. The van der Waals surface area contributed by atoms with Gasteiger partial charge < -0.3 is 20.1 Å². The van der Waals surface area contributed by atoms with Gasteiger partial charge in [-0.3, -0.25) is 0 Å². The largest absolute Gasteiger partial charge is 0.582 e. The van der Waals surface area contributed by atoms with Crippen molar-refractivity contribution in [3.8, 4) is 105 Å². The van der Waals surface area contributed by atoms with E-state index in [0.717, 1.165) is 89.5 Å². The molecule has 7 heteroatoms. The van der Waals surface area contributed by atoms with Crippen molar-refractivity contribution in [2.75, 3.05) is 13.2 Å². The van der Waals surface area contributed by atoms with Crippen LogP contribution < -0.4 is 0 Å². The van der Waals surface area contributed by atoms with Gasteiger partial charge in [-0.25, -0.2) is 0 Å². The van der Waals surface area contributed by atoms with Gasteiger partial charge in [-0.15, -0.1) is 46.9 Å². The van der Waals surface area contributed by atoms with E-state index in [2.05, 4.69) is 212 Å². The molecule has 0 atom stereocenters. The minimum Gasteiger partial charge on any atom is -0.582 e. The molecule has 94 heavy (non-hydrogen) atoms. The van der Waals surface area contributed by atoms with Gasteiger partial charge in [0.05, 0.1) is 15.3 Å². The minimum atomic E-state index is 0. The van der Waals surface area contributed by atoms with E-state index < -0.39 is 0 Å². The molecule has 0 amide bonds. The quantitative estimate of drug-likeness (QED) is 0.0686. The zero-order valence-electron chi connectivity index (χ0n) is 57.0. The molecule has 12 aromatic rings. The molecule has 0 aliphatic heterocycles. The maximum absolute atomic E-state index is 11.7. The van der Waals surface area contributed by atoms with E-state index in [1.807, 2.05) is 97.1 Å². The zero-order chi connectivity index (χ0) is 66.6. The van der Waals surface area contributed by atoms with Crippen LogP contribution in [0.25, 0.3) is 87.6 Å². The normalized spacial score (nSPS) is 10.7. The van der Waals surface area contributed by atoms with Crippen LogP contribution in [-0.4, -0.2) is 33.3 Å². The molecule has 0 bridgehead atoms. The second-order valence-electron chi connectivity index (χ2n) is 25.0. The van der Waals surface area contributed by atoms with Crippen molar-refractivity contribution in [3.05, 3.63) is 302 Å². The van der Waals surface area contributed by atoms with E-state index >= 15 is 0 Å². The number of ether oxygens (including phenoxy) is 1. The molecule has 2 aromatic heterocycles. The van der Waals surface area contributed by atoms with E-state index in [4.69, 9.17) is 9.84 Å². The molecule has 0 unspecified atom stereocenters. The first-order valence-corrected chi connectivity index (χ1v) is 33.8. The van der Waals surface area contributed by atoms with E-state index in [1.54, 1.807) is 22.7 Å². The van der Waals surface area contributed by atoms with Gasteiger partial charge in [0.25, 0.3) is 5.75 Å². The predicted octanol–water partition coefficient (Wildman–Crippen LogP) is 23.7. The molecule has 0 aliphatic carbocycles. The van der Waals surface area contributed by atoms with Gasteiger partial charge in [0.1, 0.15) is 18.1 Å². The minimum absolute atomic E-state index is 0. The Morgan fingerprint density at radius 1 is 0.340 bits per heavy atom. The van der Waals surface area contributed by atoms with Crippen LogP contribution in [0.1, 0.15) is 96.3 Å². The van der Waals surface area contributed by atoms with Gasteiger partial charge in [-0.2, -0.15) is 49.2 Å². The number of aromatic hydroxyl groups is 3. The first kappa shape index (κ1) is 71.4. The Bertz CT molecular complexity index is 4290. The Morgan fingerprint density at radius 3 is 0.957 bits per heavy atom. The van der Waals surface area contributed by atoms with Crippen molar-refractivity contribution < 1.29 is 46.3 Å². The third-order valence-electron chi connectivity index (χ3n) is 17.0. The van der Waals surface area contributed by atoms with Gasteiger partial charge in [-0.05, 0) is 244 Å². The Balaban J connectivity index is 0.000000198. The fourth-order valence-corrected chi connectivity index (χ4v) is 15.1. The standard InChI is InChI=1S/C38H40O3S.C35H34OS.2C7H7.Zr/c1-23-15-25(3)35(26(4)16-23)29-19-30(36-27(5)17-24(2)18-28(36)6)21-31(20-29)38-37(40)33(22-42-38)32-11-7-8-12-34(32)41-14-10-9-13-39;1-20-12-23(4)32(24(5)13-20)27-16-28(33-25(6)14-21(2)15-26(33)7)18-29(17-27)35-34(36)31(19-37-35)30-11-9-8-10-22(30)3;2*1-7-5-3-2-4-6-7;/h7-8,11-12,15-22,39-40H,9-10,13-14H2,1-6H3;8-19,36H,1-7H3;2*2-6H,1H2;/q;;2*-1;/p+2. The van der Waals surface area contributed by atoms with Crippen LogP contribution in [0.5, 0.6) is 17.2 Å². The van der Waals surface area contributed by atoms with E-state index in [0.29, 0.717) is 24.7 Å². The molecule has 2 heterocycles. The third-order valence-corrected chi connectivity index (χ3v) is 19.0. The molecule has 0 saturated carbocycles. The molecule has 0 radical (unpaired) electrons. The molecule has 478 valence electrons. The SMILES string of the molecule is Cc1cc(C)c(-c2cc(-c3scc(-c4ccccc4C)c3O)cc(-c3c(C)cc(C)cc3C)c2)c(C)c1.Cc1cc(C)c(-c2cc(-c3scc(-c4ccccc4[OH+]CCCC[OH2+])c3O)cc(-c3c(C)cc(C)cc3C)c2)c(C)c1.[CH2-]c1ccccc1.[CH2-]c1ccccc1.[Zr]. The van der Waals surface area contributed by atoms with E-state index in [9.17, 15) is 10.2 Å². The number of aliphatic hydroxyl groups is 1. The van der Waals surface area contributed by atoms with Gasteiger partial charge in [0.2, 0.25) is 0 Å². The van der Waals surface area contributed by atoms with Gasteiger partial charge in [0, 0.05) is 67.0 Å². The second kappa shape index (κ2) is 32.6. The molecule has 10 aromatic carbocycles. The maximum atomic E-state index is 11.7. The maximum Gasteiger partial charge on any atom is 0.262 e. The second-order valence-corrected chi connectivity index (χ2v) is 26.7. The molecule has 0 fully saturated rings. The molecule has 0 spiro atoms. The van der Waals surface area contributed by atoms with Crippen molar-refractivity contribution in [1.82, 2.24) is 0 Å². The van der Waals surface area contributed by atoms with Crippen LogP contribution in [0, 0.1) is 104 Å². The van der Waals surface area contributed by atoms with Crippen molar-refractivity contribution >= 4 is 22.7 Å². The summed E-state index contributed by atoms with van der Waals surface area (Å²) in [5.41, 5.74) is 34.0. The molecule has 0 aliphatic rings. The Morgan fingerprint density at radius 2 is 0.638 bits per heavy atom. The number of unbranched alkanes of at least 4 members (excludes halogenated alkanes) is 1. The first-order chi connectivity index (χ1) is 44.6. The Kier molecular flexibility index (Phi) is 24.8. The molecule has 12 rings (SSSR count). The van der Waals surface area contributed by atoms with Crippen LogP contribution in [0.3, 0.4) is 0 Å². The van der Waals surface area contributed by atoms with E-state index in [-0.39, 0.29) is 26.2 Å². The predicted molar refractivity (Wildman–Crippen MR) is 403 cm³/mol. The Hall–Kier alpha value is -8.42. The number of hydrogen-bond donors (Lipinski definition) is 2. The van der Waals surface area contributed by atoms with E-state index in [1.165, 1.54) is 100 Å². The number of rotatable bonds is 13. The fraction of sp³-hybridized carbons (Fsp3) is 0.195. The number of thiophene rings is 2. The summed E-state index contributed by atoms with van der Waals surface area (Å²) < 4.78 is 4.81. The third kappa shape index (κ3) is 17.3. The van der Waals surface area contributed by atoms with Gasteiger partial charge in [0.15, 0.2) is 6.61 Å². The molecular weight excluding hydrogens is 1260 g/mol. The van der Waals surface area contributed by atoms with Crippen molar-refractivity contribution in [2.45, 2.75) is 103 Å². The van der Waals surface area contributed by atoms with Gasteiger partial charge >= 0.3 is 0 Å². The average Bonchev–Trinajstić information content (AvgIpc) is 1.35. The Labute approximate surface area is 587 Å². The summed E-state index contributed by atoms with van der Waals surface area (Å²) in [6.07, 6.45) is 1.74. The summed E-state index contributed by atoms with van der Waals surface area (Å²) in [4.78, 5) is 1.77. The first-order valence-electron chi connectivity index (χ1n) is 32.1. The number of benzene rings is 10.